The first-order valence-corrected chi connectivity index (χ1v) is 8.45. The Morgan fingerprint density at radius 3 is 2.77 bits per heavy atom. The maximum atomic E-state index is 9.18. The van der Waals surface area contributed by atoms with Crippen molar-refractivity contribution in [3.63, 3.8) is 0 Å². The minimum absolute atomic E-state index is 0.0170. The number of aromatic nitrogens is 1. The third-order valence-corrected chi connectivity index (χ3v) is 4.00. The standard InChI is InChI=1S/C18H29N3O/c1-15(2)14-16-17(6-8-19-18(16)7-13-22)20-9-12-21-10-4-3-5-11-21/h6-8,14-15,20,22H,3-5,9-13H2,1-2H3/b16-14-,18-7+. The molecular formula is C18H29N3O. The summed E-state index contributed by atoms with van der Waals surface area (Å²) in [7, 11) is 0. The molecule has 122 valence electrons. The number of rotatable bonds is 6. The summed E-state index contributed by atoms with van der Waals surface area (Å²) in [5.41, 5.74) is 1.11. The molecule has 2 N–H and O–H groups in total. The molecule has 0 saturated carbocycles. The third kappa shape index (κ3) is 5.11. The van der Waals surface area contributed by atoms with E-state index in [0.717, 1.165) is 29.3 Å². The van der Waals surface area contributed by atoms with Gasteiger partial charge in [-0.25, -0.2) is 0 Å². The van der Waals surface area contributed by atoms with Gasteiger partial charge in [0.1, 0.15) is 0 Å². The highest BCUT2D eigenvalue weighted by atomic mass is 16.2. The predicted octanol–water partition coefficient (Wildman–Crippen LogP) is 1.19. The van der Waals surface area contributed by atoms with Gasteiger partial charge in [0.15, 0.2) is 0 Å². The maximum absolute atomic E-state index is 9.18. The van der Waals surface area contributed by atoms with Crippen molar-refractivity contribution in [1.29, 1.82) is 0 Å². The van der Waals surface area contributed by atoms with E-state index in [9.17, 15) is 5.11 Å². The van der Waals surface area contributed by atoms with Crippen LogP contribution in [0.5, 0.6) is 0 Å². The summed E-state index contributed by atoms with van der Waals surface area (Å²) in [4.78, 5) is 6.91. The molecule has 1 aliphatic rings. The second-order valence-electron chi connectivity index (χ2n) is 6.28. The van der Waals surface area contributed by atoms with Crippen molar-refractivity contribution in [2.45, 2.75) is 33.1 Å². The molecule has 2 heterocycles. The second-order valence-corrected chi connectivity index (χ2v) is 6.28. The lowest BCUT2D eigenvalue weighted by atomic mass is 10.1. The molecule has 0 bridgehead atoms. The number of likely N-dealkylation sites (tertiary alicyclic amines) is 1. The van der Waals surface area contributed by atoms with Gasteiger partial charge in [-0.05, 0) is 44.0 Å². The van der Waals surface area contributed by atoms with Crippen molar-refractivity contribution in [2.75, 3.05) is 38.1 Å². The monoisotopic (exact) mass is 303 g/mol. The quantitative estimate of drug-likeness (QED) is 0.829. The Balaban J connectivity index is 2.09. The summed E-state index contributed by atoms with van der Waals surface area (Å²) >= 11 is 0. The zero-order valence-electron chi connectivity index (χ0n) is 13.9. The van der Waals surface area contributed by atoms with E-state index in [4.69, 9.17) is 0 Å². The van der Waals surface area contributed by atoms with Gasteiger partial charge >= 0.3 is 0 Å². The van der Waals surface area contributed by atoms with Crippen molar-refractivity contribution >= 4 is 17.8 Å². The Bertz CT molecular complexity index is 562. The summed E-state index contributed by atoms with van der Waals surface area (Å²) in [5.74, 6) is 0.442. The van der Waals surface area contributed by atoms with Crippen LogP contribution in [0.4, 0.5) is 5.69 Å². The lowest BCUT2D eigenvalue weighted by Gasteiger charge is -2.26. The second kappa shape index (κ2) is 8.91. The van der Waals surface area contributed by atoms with Crippen LogP contribution in [0, 0.1) is 5.92 Å². The average molecular weight is 303 g/mol. The van der Waals surface area contributed by atoms with Crippen molar-refractivity contribution in [3.8, 4) is 0 Å². The predicted molar refractivity (Wildman–Crippen MR) is 93.1 cm³/mol. The molecule has 1 aromatic heterocycles. The van der Waals surface area contributed by atoms with Crippen LogP contribution in [-0.2, 0) is 0 Å². The molecule has 2 rings (SSSR count). The summed E-state index contributed by atoms with van der Waals surface area (Å²) in [6, 6.07) is 2.03. The summed E-state index contributed by atoms with van der Waals surface area (Å²) in [5, 5.41) is 14.7. The fourth-order valence-corrected chi connectivity index (χ4v) is 2.93. The first-order chi connectivity index (χ1) is 10.7. The number of hydrogen-bond acceptors (Lipinski definition) is 4. The van der Waals surface area contributed by atoms with Crippen LogP contribution in [0.2, 0.25) is 0 Å². The first kappa shape index (κ1) is 17.0. The number of aliphatic hydroxyl groups is 1. The molecule has 0 unspecified atom stereocenters. The molecule has 4 nitrogen and oxygen atoms in total. The lowest BCUT2D eigenvalue weighted by molar-refractivity contribution is 0.237. The minimum atomic E-state index is 0.0170. The molecule has 1 aromatic rings. The van der Waals surface area contributed by atoms with E-state index >= 15 is 0 Å². The highest BCUT2D eigenvalue weighted by molar-refractivity contribution is 5.50. The third-order valence-electron chi connectivity index (χ3n) is 4.00. The van der Waals surface area contributed by atoms with E-state index in [1.54, 1.807) is 6.08 Å². The van der Waals surface area contributed by atoms with Gasteiger partial charge < -0.3 is 15.3 Å². The minimum Gasteiger partial charge on any atom is -0.392 e. The van der Waals surface area contributed by atoms with Crippen molar-refractivity contribution in [2.24, 2.45) is 5.92 Å². The molecule has 0 amide bonds. The largest absolute Gasteiger partial charge is 0.392 e. The van der Waals surface area contributed by atoms with Gasteiger partial charge in [0, 0.05) is 30.2 Å². The SMILES string of the molecule is CC(C)/C=c1/c(NCCN2CCCCC2)ccn/c1=C/CO. The normalized spacial score (nSPS) is 18.2. The maximum Gasteiger partial charge on any atom is 0.0702 e. The Morgan fingerprint density at radius 2 is 2.09 bits per heavy atom. The molecule has 1 fully saturated rings. The molecule has 1 saturated heterocycles. The van der Waals surface area contributed by atoms with E-state index < -0.39 is 0 Å². The summed E-state index contributed by atoms with van der Waals surface area (Å²) in [6.45, 7) is 8.83. The van der Waals surface area contributed by atoms with Gasteiger partial charge in [-0.15, -0.1) is 0 Å². The number of nitrogens with zero attached hydrogens (tertiary/aromatic N) is 2. The fraction of sp³-hybridized carbons (Fsp3) is 0.611. The fourth-order valence-electron chi connectivity index (χ4n) is 2.93. The summed E-state index contributed by atoms with van der Waals surface area (Å²) in [6.07, 6.45) is 9.82. The van der Waals surface area contributed by atoms with Gasteiger partial charge in [-0.3, -0.25) is 4.98 Å². The number of pyridine rings is 1. The van der Waals surface area contributed by atoms with E-state index in [1.807, 2.05) is 12.3 Å². The van der Waals surface area contributed by atoms with E-state index in [2.05, 4.69) is 35.1 Å². The van der Waals surface area contributed by atoms with Crippen LogP contribution in [-0.4, -0.2) is 47.8 Å². The van der Waals surface area contributed by atoms with Crippen LogP contribution in [0.3, 0.4) is 0 Å². The van der Waals surface area contributed by atoms with Crippen molar-refractivity contribution < 1.29 is 5.11 Å². The number of hydrogen-bond donors (Lipinski definition) is 2. The van der Waals surface area contributed by atoms with Crippen molar-refractivity contribution in [3.05, 3.63) is 22.8 Å². The Hall–Kier alpha value is -1.39. The molecule has 0 spiro atoms. The van der Waals surface area contributed by atoms with Crippen LogP contribution < -0.4 is 15.9 Å². The highest BCUT2D eigenvalue weighted by Crippen LogP contribution is 2.07. The van der Waals surface area contributed by atoms with Gasteiger partial charge in [-0.2, -0.15) is 0 Å². The first-order valence-electron chi connectivity index (χ1n) is 8.45. The lowest BCUT2D eigenvalue weighted by Crippen LogP contribution is -2.36. The van der Waals surface area contributed by atoms with Gasteiger partial charge in [0.2, 0.25) is 0 Å². The molecule has 4 heteroatoms. The van der Waals surface area contributed by atoms with Crippen LogP contribution in [0.25, 0.3) is 12.2 Å². The molecule has 0 aliphatic carbocycles. The smallest absolute Gasteiger partial charge is 0.0702 e. The van der Waals surface area contributed by atoms with Crippen LogP contribution in [0.1, 0.15) is 33.1 Å². The number of nitrogens with one attached hydrogen (secondary N) is 1. The Labute approximate surface area is 133 Å². The van der Waals surface area contributed by atoms with E-state index in [0.29, 0.717) is 5.92 Å². The van der Waals surface area contributed by atoms with E-state index in [1.165, 1.54) is 32.4 Å². The van der Waals surface area contributed by atoms with Gasteiger partial charge in [0.05, 0.1) is 12.0 Å². The Morgan fingerprint density at radius 1 is 1.32 bits per heavy atom. The number of piperidine rings is 1. The molecule has 0 aromatic carbocycles. The number of anilines is 1. The van der Waals surface area contributed by atoms with Crippen LogP contribution >= 0.6 is 0 Å². The average Bonchev–Trinajstić information content (AvgIpc) is 2.51. The van der Waals surface area contributed by atoms with Gasteiger partial charge in [0.25, 0.3) is 0 Å². The Kier molecular flexibility index (Phi) is 6.87. The number of aliphatic hydroxyl groups excluding tert-OH is 1. The highest BCUT2D eigenvalue weighted by Gasteiger charge is 2.09. The summed E-state index contributed by atoms with van der Waals surface area (Å²) < 4.78 is 0. The molecule has 0 atom stereocenters. The zero-order valence-corrected chi connectivity index (χ0v) is 13.9. The zero-order chi connectivity index (χ0) is 15.8. The molecule has 22 heavy (non-hydrogen) atoms. The molecule has 0 radical (unpaired) electrons. The van der Waals surface area contributed by atoms with Crippen LogP contribution in [0.15, 0.2) is 12.3 Å². The molecular weight excluding hydrogens is 274 g/mol. The van der Waals surface area contributed by atoms with Crippen molar-refractivity contribution in [1.82, 2.24) is 9.88 Å². The molecule has 1 aliphatic heterocycles. The topological polar surface area (TPSA) is 48.4 Å². The van der Waals surface area contributed by atoms with E-state index in [-0.39, 0.29) is 6.61 Å². The van der Waals surface area contributed by atoms with Gasteiger partial charge in [-0.1, -0.05) is 26.3 Å².